The third-order valence-corrected chi connectivity index (χ3v) is 6.18. The zero-order valence-electron chi connectivity index (χ0n) is 18.9. The van der Waals surface area contributed by atoms with E-state index in [1.54, 1.807) is 6.26 Å². The van der Waals surface area contributed by atoms with Crippen LogP contribution < -0.4 is 4.74 Å². The molecule has 0 radical (unpaired) electrons. The van der Waals surface area contributed by atoms with Gasteiger partial charge in [0.1, 0.15) is 47.1 Å². The van der Waals surface area contributed by atoms with Gasteiger partial charge in [0.2, 0.25) is 6.29 Å². The summed E-state index contributed by atoms with van der Waals surface area (Å²) in [5.41, 5.74) is 1.68. The molecule has 186 valence electrons. The summed E-state index contributed by atoms with van der Waals surface area (Å²) in [6, 6.07) is 11.9. The molecule has 3 aromatic rings. The molecule has 0 amide bonds. The van der Waals surface area contributed by atoms with Gasteiger partial charge in [-0.25, -0.2) is 0 Å². The lowest BCUT2D eigenvalue weighted by Gasteiger charge is -2.45. The number of Topliss-reactive ketones (excluding diaryl/α,β-unsaturated/α-hetero) is 1. The number of hydrogen-bond donors (Lipinski definition) is 3. The number of methoxy groups -OCH3 is 1. The molecule has 10 nitrogen and oxygen atoms in total. The van der Waals surface area contributed by atoms with Crippen LogP contribution in [0, 0.1) is 0 Å². The van der Waals surface area contributed by atoms with E-state index < -0.39 is 37.2 Å². The highest BCUT2D eigenvalue weighted by Crippen LogP contribution is 2.34. The van der Waals surface area contributed by atoms with E-state index in [9.17, 15) is 20.1 Å². The Morgan fingerprint density at radius 1 is 1.11 bits per heavy atom. The molecule has 3 N–H and O–H groups in total. The number of carbonyl (C=O) groups excluding carboxylic acids is 1. The van der Waals surface area contributed by atoms with Gasteiger partial charge in [-0.3, -0.25) is 4.79 Å². The molecule has 2 aliphatic rings. The van der Waals surface area contributed by atoms with E-state index in [1.807, 2.05) is 24.3 Å². The first-order valence-corrected chi connectivity index (χ1v) is 11.2. The van der Waals surface area contributed by atoms with Crippen molar-refractivity contribution in [3.63, 3.8) is 0 Å². The van der Waals surface area contributed by atoms with Crippen LogP contribution >= 0.6 is 0 Å². The van der Waals surface area contributed by atoms with Crippen molar-refractivity contribution in [3.8, 4) is 11.5 Å². The van der Waals surface area contributed by atoms with Gasteiger partial charge in [-0.1, -0.05) is 12.1 Å². The molecule has 6 atom stereocenters. The largest absolute Gasteiger partial charge is 0.507 e. The van der Waals surface area contributed by atoms with Crippen molar-refractivity contribution in [3.05, 3.63) is 59.9 Å². The van der Waals surface area contributed by atoms with Crippen LogP contribution in [0.5, 0.6) is 11.5 Å². The zero-order valence-corrected chi connectivity index (χ0v) is 18.9. The first-order chi connectivity index (χ1) is 16.9. The van der Waals surface area contributed by atoms with Crippen molar-refractivity contribution in [1.29, 1.82) is 0 Å². The number of phenols is 1. The first kappa shape index (κ1) is 23.7. The second kappa shape index (κ2) is 9.94. The van der Waals surface area contributed by atoms with Crippen molar-refractivity contribution in [2.75, 3.05) is 13.7 Å². The minimum atomic E-state index is -1.49. The van der Waals surface area contributed by atoms with Crippen LogP contribution in [-0.2, 0) is 25.4 Å². The van der Waals surface area contributed by atoms with Crippen LogP contribution in [-0.4, -0.2) is 72.0 Å². The monoisotopic (exact) mass is 486 g/mol. The molecule has 5 rings (SSSR count). The topological polar surface area (TPSA) is 137 Å². The highest BCUT2D eigenvalue weighted by Gasteiger charge is 2.50. The SMILES string of the molecule is COC1OC[C@H]2O[C@@H](Oc3cccc(O)c3C(=O)CCc3ccc4occc4c3)[C@H](O)[C@@H](O)[C@@H]2O1. The minimum absolute atomic E-state index is 0.0279. The maximum absolute atomic E-state index is 13.1. The summed E-state index contributed by atoms with van der Waals surface area (Å²) in [4.78, 5) is 13.1. The molecule has 0 spiro atoms. The molecule has 1 aromatic heterocycles. The number of rotatable bonds is 7. The standard InChI is InChI=1S/C25H26O10/c1-30-25-32-12-19-23(35-25)21(28)22(29)24(34-19)33-18-4-2-3-15(26)20(18)16(27)7-5-13-6-8-17-14(11-13)9-10-31-17/h2-4,6,8-11,19,21-26,28-29H,5,7,12H2,1H3/t19-,21-,22-,23-,24-,25?/m1/s1. The van der Waals surface area contributed by atoms with Gasteiger partial charge in [0.15, 0.2) is 5.78 Å². The number of aliphatic hydroxyl groups excluding tert-OH is 2. The van der Waals surface area contributed by atoms with Gasteiger partial charge in [-0.15, -0.1) is 0 Å². The fourth-order valence-corrected chi connectivity index (χ4v) is 4.35. The van der Waals surface area contributed by atoms with Crippen LogP contribution in [0.2, 0.25) is 0 Å². The Kier molecular flexibility index (Phi) is 6.74. The van der Waals surface area contributed by atoms with Gasteiger partial charge in [0.25, 0.3) is 6.48 Å². The highest BCUT2D eigenvalue weighted by molar-refractivity contribution is 6.01. The third-order valence-electron chi connectivity index (χ3n) is 6.18. The average Bonchev–Trinajstić information content (AvgIpc) is 3.33. The third kappa shape index (κ3) is 4.76. The van der Waals surface area contributed by atoms with E-state index >= 15 is 0 Å². The molecule has 3 heterocycles. The summed E-state index contributed by atoms with van der Waals surface area (Å²) in [5, 5.41) is 32.6. The summed E-state index contributed by atoms with van der Waals surface area (Å²) in [5.74, 6) is -0.572. The van der Waals surface area contributed by atoms with Crippen molar-refractivity contribution < 1.29 is 48.2 Å². The first-order valence-electron chi connectivity index (χ1n) is 11.2. The maximum Gasteiger partial charge on any atom is 0.271 e. The van der Waals surface area contributed by atoms with Gasteiger partial charge >= 0.3 is 0 Å². The lowest BCUT2D eigenvalue weighted by Crippen LogP contribution is -2.64. The summed E-state index contributed by atoms with van der Waals surface area (Å²) in [6.07, 6.45) is -3.64. The minimum Gasteiger partial charge on any atom is -0.507 e. The predicted molar refractivity (Wildman–Crippen MR) is 120 cm³/mol. The molecule has 10 heteroatoms. The van der Waals surface area contributed by atoms with E-state index in [0.29, 0.717) is 6.42 Å². The van der Waals surface area contributed by atoms with Crippen LogP contribution in [0.4, 0.5) is 0 Å². The summed E-state index contributed by atoms with van der Waals surface area (Å²) in [7, 11) is 1.39. The fraction of sp³-hybridized carbons (Fsp3) is 0.400. The Labute approximate surface area is 200 Å². The molecule has 0 aliphatic carbocycles. The molecular weight excluding hydrogens is 460 g/mol. The van der Waals surface area contributed by atoms with Crippen LogP contribution in [0.3, 0.4) is 0 Å². The van der Waals surface area contributed by atoms with Crippen molar-refractivity contribution in [1.82, 2.24) is 0 Å². The lowest BCUT2D eigenvalue weighted by molar-refractivity contribution is -0.394. The highest BCUT2D eigenvalue weighted by atomic mass is 16.9. The number of phenolic OH excluding ortho intramolecular Hbond substituents is 1. The lowest BCUT2D eigenvalue weighted by atomic mass is 9.98. The number of aryl methyl sites for hydroxylation is 1. The predicted octanol–water partition coefficient (Wildman–Crippen LogP) is 2.12. The van der Waals surface area contributed by atoms with Crippen LogP contribution in [0.15, 0.2) is 53.1 Å². The molecule has 0 saturated carbocycles. The molecular formula is C25H26O10. The second-order valence-corrected chi connectivity index (χ2v) is 8.47. The molecule has 1 unspecified atom stereocenters. The number of fused-ring (bicyclic) bond motifs is 2. The number of aliphatic hydroxyl groups is 2. The number of benzene rings is 2. The number of aromatic hydroxyl groups is 1. The molecule has 0 bridgehead atoms. The Hall–Kier alpha value is -2.99. The maximum atomic E-state index is 13.1. The normalized spacial score (nSPS) is 28.5. The van der Waals surface area contributed by atoms with Crippen molar-refractivity contribution >= 4 is 16.8 Å². The van der Waals surface area contributed by atoms with Crippen molar-refractivity contribution in [2.45, 2.75) is 50.0 Å². The summed E-state index contributed by atoms with van der Waals surface area (Å²) in [6.45, 7) is -0.941. The molecule has 2 aliphatic heterocycles. The number of hydrogen-bond acceptors (Lipinski definition) is 10. The summed E-state index contributed by atoms with van der Waals surface area (Å²) >= 11 is 0. The van der Waals surface area contributed by atoms with E-state index in [4.69, 9.17) is 28.1 Å². The molecule has 2 saturated heterocycles. The van der Waals surface area contributed by atoms with Crippen LogP contribution in [0.1, 0.15) is 22.3 Å². The Balaban J connectivity index is 1.30. The molecule has 2 fully saturated rings. The average molecular weight is 486 g/mol. The zero-order chi connectivity index (χ0) is 24.5. The summed E-state index contributed by atoms with van der Waals surface area (Å²) < 4.78 is 32.7. The molecule has 2 aromatic carbocycles. The van der Waals surface area contributed by atoms with Gasteiger partial charge in [-0.05, 0) is 42.3 Å². The Morgan fingerprint density at radius 3 is 2.80 bits per heavy atom. The van der Waals surface area contributed by atoms with Gasteiger partial charge in [0.05, 0.1) is 12.9 Å². The number of furan rings is 1. The quantitative estimate of drug-likeness (QED) is 0.426. The van der Waals surface area contributed by atoms with E-state index in [0.717, 1.165) is 16.5 Å². The Bertz CT molecular complexity index is 1190. The fourth-order valence-electron chi connectivity index (χ4n) is 4.35. The molecule has 35 heavy (non-hydrogen) atoms. The van der Waals surface area contributed by atoms with Gasteiger partial charge in [-0.2, -0.15) is 0 Å². The number of ketones is 1. The van der Waals surface area contributed by atoms with Crippen molar-refractivity contribution in [2.24, 2.45) is 0 Å². The smallest absolute Gasteiger partial charge is 0.271 e. The van der Waals surface area contributed by atoms with Gasteiger partial charge in [0, 0.05) is 18.9 Å². The van der Waals surface area contributed by atoms with E-state index in [-0.39, 0.29) is 35.9 Å². The number of carbonyl (C=O) groups is 1. The van der Waals surface area contributed by atoms with Crippen LogP contribution in [0.25, 0.3) is 11.0 Å². The second-order valence-electron chi connectivity index (χ2n) is 8.47. The van der Waals surface area contributed by atoms with E-state index in [1.165, 1.54) is 25.3 Å². The Morgan fingerprint density at radius 2 is 1.97 bits per heavy atom. The number of ether oxygens (including phenoxy) is 5. The van der Waals surface area contributed by atoms with E-state index in [2.05, 4.69) is 0 Å². The van der Waals surface area contributed by atoms with Gasteiger partial charge < -0.3 is 43.4 Å².